The summed E-state index contributed by atoms with van der Waals surface area (Å²) in [5.74, 6) is -0.425. The Bertz CT molecular complexity index is 1310. The van der Waals surface area contributed by atoms with Crippen LogP contribution in [0.5, 0.6) is 0 Å². The molecule has 0 saturated heterocycles. The minimum absolute atomic E-state index is 0.0269. The van der Waals surface area contributed by atoms with Crippen molar-refractivity contribution in [3.8, 4) is 5.69 Å². The lowest BCUT2D eigenvalue weighted by Gasteiger charge is -2.11. The van der Waals surface area contributed by atoms with Gasteiger partial charge in [0.2, 0.25) is 5.89 Å². The van der Waals surface area contributed by atoms with Crippen molar-refractivity contribution >= 4 is 17.1 Å². The zero-order valence-electron chi connectivity index (χ0n) is 15.7. The Balaban J connectivity index is 1.90. The van der Waals surface area contributed by atoms with Crippen molar-refractivity contribution in [2.24, 2.45) is 0 Å². The Hall–Kier alpha value is -3.95. The van der Waals surface area contributed by atoms with E-state index < -0.39 is 17.2 Å². The van der Waals surface area contributed by atoms with Gasteiger partial charge < -0.3 is 13.7 Å². The molecule has 0 aliphatic carbocycles. The van der Waals surface area contributed by atoms with Crippen LogP contribution in [0.15, 0.2) is 56.9 Å². The summed E-state index contributed by atoms with van der Waals surface area (Å²) < 4.78 is 14.0. The monoisotopic (exact) mass is 395 g/mol. The Morgan fingerprint density at radius 1 is 1.21 bits per heavy atom. The predicted molar refractivity (Wildman–Crippen MR) is 102 cm³/mol. The van der Waals surface area contributed by atoms with E-state index in [1.807, 2.05) is 6.07 Å². The van der Waals surface area contributed by atoms with E-state index in [2.05, 4.69) is 14.7 Å². The highest BCUT2D eigenvalue weighted by atomic mass is 16.5. The number of benzene rings is 1. The maximum absolute atomic E-state index is 13.0. The molecule has 29 heavy (non-hydrogen) atoms. The van der Waals surface area contributed by atoms with Gasteiger partial charge in [-0.2, -0.15) is 0 Å². The quantitative estimate of drug-likeness (QED) is 0.466. The number of ether oxygens (including phenoxy) is 1. The van der Waals surface area contributed by atoms with Crippen LogP contribution in [0, 0.1) is 0 Å². The fraction of sp³-hybridized carbons (Fsp3) is 0.211. The molecule has 0 radical (unpaired) electrons. The van der Waals surface area contributed by atoms with E-state index >= 15 is 0 Å². The first-order valence-electron chi connectivity index (χ1n) is 8.84. The molecule has 0 atom stereocenters. The number of esters is 1. The zero-order chi connectivity index (χ0) is 20.5. The maximum atomic E-state index is 13.0. The van der Waals surface area contributed by atoms with E-state index in [1.54, 1.807) is 31.2 Å². The molecule has 0 spiro atoms. The van der Waals surface area contributed by atoms with Crippen LogP contribution in [0.2, 0.25) is 0 Å². The zero-order valence-corrected chi connectivity index (χ0v) is 15.7. The molecule has 0 amide bonds. The predicted octanol–water partition coefficient (Wildman–Crippen LogP) is 1.19. The second-order valence-corrected chi connectivity index (χ2v) is 6.17. The summed E-state index contributed by atoms with van der Waals surface area (Å²) in [4.78, 5) is 45.8. The summed E-state index contributed by atoms with van der Waals surface area (Å²) in [6, 6.07) is 8.96. The molecule has 0 aliphatic rings. The molecule has 0 saturated carbocycles. The van der Waals surface area contributed by atoms with Crippen LogP contribution < -0.4 is 11.2 Å². The van der Waals surface area contributed by atoms with E-state index in [9.17, 15) is 14.4 Å². The Morgan fingerprint density at radius 2 is 1.97 bits per heavy atom. The maximum Gasteiger partial charge on any atom is 0.360 e. The molecule has 3 aromatic heterocycles. The highest BCUT2D eigenvalue weighted by Crippen LogP contribution is 2.14. The first kappa shape index (κ1) is 18.4. The van der Waals surface area contributed by atoms with Gasteiger partial charge in [-0.1, -0.05) is 18.2 Å². The van der Waals surface area contributed by atoms with Gasteiger partial charge in [0.1, 0.15) is 12.8 Å². The number of hydrogen-bond acceptors (Lipinski definition) is 7. The van der Waals surface area contributed by atoms with Crippen molar-refractivity contribution in [3.05, 3.63) is 75.3 Å². The molecule has 0 fully saturated rings. The van der Waals surface area contributed by atoms with Crippen LogP contribution in [0.4, 0.5) is 0 Å². The number of aromatic nitrogens is 5. The lowest BCUT2D eigenvalue weighted by Crippen LogP contribution is -2.39. The number of nitrogens with zero attached hydrogens (tertiary/aromatic N) is 5. The third kappa shape index (κ3) is 3.04. The van der Waals surface area contributed by atoms with Crippen molar-refractivity contribution in [2.75, 3.05) is 7.11 Å². The number of para-hydroxylation sites is 1. The molecule has 148 valence electrons. The largest absolute Gasteiger partial charge is 0.464 e. The number of methoxy groups -OCH3 is 1. The molecule has 0 N–H and O–H groups in total. The fourth-order valence-corrected chi connectivity index (χ4v) is 3.12. The van der Waals surface area contributed by atoms with Crippen LogP contribution in [0.1, 0.15) is 23.3 Å². The minimum Gasteiger partial charge on any atom is -0.464 e. The lowest BCUT2D eigenvalue weighted by atomic mass is 10.3. The molecule has 10 nitrogen and oxygen atoms in total. The highest BCUT2D eigenvalue weighted by molar-refractivity contribution is 5.86. The van der Waals surface area contributed by atoms with Gasteiger partial charge in [-0.15, -0.1) is 0 Å². The van der Waals surface area contributed by atoms with Gasteiger partial charge in [0.05, 0.1) is 19.1 Å². The Labute approximate surface area is 163 Å². The van der Waals surface area contributed by atoms with Gasteiger partial charge in [0.15, 0.2) is 16.9 Å². The minimum atomic E-state index is -0.623. The van der Waals surface area contributed by atoms with Gasteiger partial charge in [0, 0.05) is 6.54 Å². The molecule has 0 unspecified atom stereocenters. The molecule has 4 aromatic rings. The first-order chi connectivity index (χ1) is 14.0. The topological polar surface area (TPSA) is 114 Å². The molecule has 1 aromatic carbocycles. The molecule has 3 heterocycles. The summed E-state index contributed by atoms with van der Waals surface area (Å²) in [5.41, 5.74) is 0.157. The van der Waals surface area contributed by atoms with Crippen molar-refractivity contribution < 1.29 is 13.9 Å². The van der Waals surface area contributed by atoms with Gasteiger partial charge in [-0.25, -0.2) is 24.1 Å². The summed E-state index contributed by atoms with van der Waals surface area (Å²) in [5, 5.41) is 0. The van der Waals surface area contributed by atoms with Crippen molar-refractivity contribution in [3.63, 3.8) is 0 Å². The molecular formula is C19H17N5O5. The van der Waals surface area contributed by atoms with Gasteiger partial charge >= 0.3 is 11.7 Å². The Morgan fingerprint density at radius 3 is 2.66 bits per heavy atom. The third-order valence-corrected chi connectivity index (χ3v) is 4.48. The van der Waals surface area contributed by atoms with Crippen LogP contribution in [0.25, 0.3) is 16.9 Å². The average Bonchev–Trinajstić information content (AvgIpc) is 3.36. The van der Waals surface area contributed by atoms with Crippen LogP contribution in [0.3, 0.4) is 0 Å². The van der Waals surface area contributed by atoms with Gasteiger partial charge in [0.25, 0.3) is 5.56 Å². The second kappa shape index (κ2) is 7.23. The van der Waals surface area contributed by atoms with E-state index in [1.165, 1.54) is 28.8 Å². The van der Waals surface area contributed by atoms with Crippen LogP contribution >= 0.6 is 0 Å². The number of carbonyl (C=O) groups excluding carboxylic acids is 1. The molecule has 10 heteroatoms. The average molecular weight is 395 g/mol. The van der Waals surface area contributed by atoms with Crippen molar-refractivity contribution in [1.82, 2.24) is 23.7 Å². The standard InChI is InChI=1S/C19H17N5O5/c1-3-23-17(25)15-16(24(19(23)27)12-7-5-4-6-8-12)20-11-22(15)9-14-21-13(10-29-14)18(26)28-2/h4-8,10-11H,3,9H2,1-2H3. The molecule has 0 bridgehead atoms. The Kier molecular flexibility index (Phi) is 4.59. The molecular weight excluding hydrogens is 378 g/mol. The number of rotatable bonds is 5. The lowest BCUT2D eigenvalue weighted by molar-refractivity contribution is 0.0594. The number of imidazole rings is 1. The van der Waals surface area contributed by atoms with Crippen LogP contribution in [-0.2, 0) is 17.8 Å². The van der Waals surface area contributed by atoms with E-state index in [-0.39, 0.29) is 35.8 Å². The normalized spacial score (nSPS) is 11.1. The van der Waals surface area contributed by atoms with Crippen molar-refractivity contribution in [2.45, 2.75) is 20.0 Å². The summed E-state index contributed by atoms with van der Waals surface area (Å²) in [7, 11) is 1.25. The summed E-state index contributed by atoms with van der Waals surface area (Å²) in [6.45, 7) is 1.98. The fourth-order valence-electron chi connectivity index (χ4n) is 3.12. The van der Waals surface area contributed by atoms with Gasteiger partial charge in [-0.3, -0.25) is 9.36 Å². The van der Waals surface area contributed by atoms with E-state index in [0.29, 0.717) is 5.69 Å². The summed E-state index contributed by atoms with van der Waals surface area (Å²) in [6.07, 6.45) is 2.62. The number of oxazole rings is 1. The smallest absolute Gasteiger partial charge is 0.360 e. The number of carbonyl (C=O) groups is 1. The molecule has 0 aliphatic heterocycles. The van der Waals surface area contributed by atoms with Crippen LogP contribution in [-0.4, -0.2) is 36.7 Å². The number of hydrogen-bond donors (Lipinski definition) is 0. The van der Waals surface area contributed by atoms with E-state index in [0.717, 1.165) is 4.57 Å². The number of fused-ring (bicyclic) bond motifs is 1. The van der Waals surface area contributed by atoms with E-state index in [4.69, 9.17) is 4.42 Å². The first-order valence-corrected chi connectivity index (χ1v) is 8.84. The summed E-state index contributed by atoms with van der Waals surface area (Å²) >= 11 is 0. The highest BCUT2D eigenvalue weighted by Gasteiger charge is 2.20. The second-order valence-electron chi connectivity index (χ2n) is 6.17. The molecule has 4 rings (SSSR count). The van der Waals surface area contributed by atoms with Gasteiger partial charge in [-0.05, 0) is 19.1 Å². The van der Waals surface area contributed by atoms with Crippen molar-refractivity contribution in [1.29, 1.82) is 0 Å². The third-order valence-electron chi connectivity index (χ3n) is 4.48. The SMILES string of the molecule is CCn1c(=O)c2c(ncn2Cc2nc(C(=O)OC)co2)n(-c2ccccc2)c1=O.